The van der Waals surface area contributed by atoms with E-state index in [2.05, 4.69) is 5.32 Å². The van der Waals surface area contributed by atoms with Crippen molar-refractivity contribution < 1.29 is 14.7 Å². The Morgan fingerprint density at radius 1 is 1.35 bits per heavy atom. The minimum atomic E-state index is -1.03. The molecule has 92 valence electrons. The number of carboxylic acids is 1. The average Bonchev–Trinajstić information content (AvgIpc) is 2.28. The van der Waals surface area contributed by atoms with E-state index in [0.717, 1.165) is 0 Å². The van der Waals surface area contributed by atoms with E-state index in [1.807, 2.05) is 13.8 Å². The van der Waals surface area contributed by atoms with Crippen LogP contribution in [0.25, 0.3) is 0 Å². The Morgan fingerprint density at radius 3 is 2.53 bits per heavy atom. The highest BCUT2D eigenvalue weighted by Gasteiger charge is 2.17. The maximum absolute atomic E-state index is 11.7. The van der Waals surface area contributed by atoms with Gasteiger partial charge in [-0.15, -0.1) is 0 Å². The third-order valence-corrected chi connectivity index (χ3v) is 2.40. The Labute approximate surface area is 99.6 Å². The lowest BCUT2D eigenvalue weighted by Gasteiger charge is -2.15. The standard InChI is InChI=1S/C12H16N2O3/c1-7(2)10(13)11(15)14-9-5-3-4-8(6-9)12(16)17/h3-7,10H,13H2,1-2H3,(H,14,15)(H,16,17)/t10-/m0/s1. The monoisotopic (exact) mass is 236 g/mol. The fraction of sp³-hybridized carbons (Fsp3) is 0.333. The number of hydrogen-bond acceptors (Lipinski definition) is 3. The van der Waals surface area contributed by atoms with Gasteiger partial charge in [-0.3, -0.25) is 4.79 Å². The zero-order valence-electron chi connectivity index (χ0n) is 9.81. The lowest BCUT2D eigenvalue weighted by atomic mass is 10.0. The summed E-state index contributed by atoms with van der Waals surface area (Å²) < 4.78 is 0. The molecule has 0 fully saturated rings. The molecule has 0 saturated heterocycles. The van der Waals surface area contributed by atoms with Crippen LogP contribution in [0.5, 0.6) is 0 Å². The molecule has 0 aliphatic heterocycles. The Kier molecular flexibility index (Phi) is 4.23. The molecule has 17 heavy (non-hydrogen) atoms. The first-order valence-corrected chi connectivity index (χ1v) is 5.31. The topological polar surface area (TPSA) is 92.4 Å². The quantitative estimate of drug-likeness (QED) is 0.734. The first-order chi connectivity index (χ1) is 7.91. The average molecular weight is 236 g/mol. The SMILES string of the molecule is CC(C)[C@H](N)C(=O)Nc1cccc(C(=O)O)c1. The van der Waals surface area contributed by atoms with Gasteiger partial charge in [-0.05, 0) is 24.1 Å². The molecule has 0 aromatic heterocycles. The number of aromatic carboxylic acids is 1. The van der Waals surface area contributed by atoms with Crippen LogP contribution in [0, 0.1) is 5.92 Å². The smallest absolute Gasteiger partial charge is 0.335 e. The van der Waals surface area contributed by atoms with Crippen LogP contribution in [0.4, 0.5) is 5.69 Å². The van der Waals surface area contributed by atoms with Crippen molar-refractivity contribution in [3.8, 4) is 0 Å². The van der Waals surface area contributed by atoms with Gasteiger partial charge in [0.05, 0.1) is 11.6 Å². The molecule has 0 aliphatic carbocycles. The molecule has 5 nitrogen and oxygen atoms in total. The maximum atomic E-state index is 11.7. The second-order valence-corrected chi connectivity index (χ2v) is 4.15. The largest absolute Gasteiger partial charge is 0.478 e. The van der Waals surface area contributed by atoms with E-state index in [0.29, 0.717) is 5.69 Å². The van der Waals surface area contributed by atoms with Crippen LogP contribution in [0.3, 0.4) is 0 Å². The molecule has 1 amide bonds. The second-order valence-electron chi connectivity index (χ2n) is 4.15. The molecule has 0 radical (unpaired) electrons. The summed E-state index contributed by atoms with van der Waals surface area (Å²) in [5.74, 6) is -1.32. The van der Waals surface area contributed by atoms with Gasteiger partial charge in [-0.1, -0.05) is 19.9 Å². The molecule has 0 heterocycles. The minimum Gasteiger partial charge on any atom is -0.478 e. The molecule has 0 saturated carbocycles. The Bertz CT molecular complexity index is 430. The summed E-state index contributed by atoms with van der Waals surface area (Å²) in [4.78, 5) is 22.4. The zero-order chi connectivity index (χ0) is 13.0. The Hall–Kier alpha value is -1.88. The van der Waals surface area contributed by atoms with E-state index in [-0.39, 0.29) is 17.4 Å². The fourth-order valence-electron chi connectivity index (χ4n) is 1.26. The van der Waals surface area contributed by atoms with Crippen molar-refractivity contribution in [2.75, 3.05) is 5.32 Å². The van der Waals surface area contributed by atoms with Gasteiger partial charge < -0.3 is 16.2 Å². The van der Waals surface area contributed by atoms with E-state index in [1.54, 1.807) is 12.1 Å². The number of nitrogens with one attached hydrogen (secondary N) is 1. The van der Waals surface area contributed by atoms with E-state index in [9.17, 15) is 9.59 Å². The highest BCUT2D eigenvalue weighted by Crippen LogP contribution is 2.11. The van der Waals surface area contributed by atoms with E-state index < -0.39 is 12.0 Å². The van der Waals surface area contributed by atoms with Crippen molar-refractivity contribution in [2.45, 2.75) is 19.9 Å². The number of anilines is 1. The van der Waals surface area contributed by atoms with E-state index in [4.69, 9.17) is 10.8 Å². The first kappa shape index (κ1) is 13.2. The van der Waals surface area contributed by atoms with Crippen molar-refractivity contribution in [2.24, 2.45) is 11.7 Å². The zero-order valence-corrected chi connectivity index (χ0v) is 9.81. The molecular weight excluding hydrogens is 220 g/mol. The molecule has 0 bridgehead atoms. The Morgan fingerprint density at radius 2 is 2.00 bits per heavy atom. The predicted octanol–water partition coefficient (Wildman–Crippen LogP) is 1.31. The van der Waals surface area contributed by atoms with Crippen LogP contribution >= 0.6 is 0 Å². The van der Waals surface area contributed by atoms with Gasteiger partial charge >= 0.3 is 5.97 Å². The summed E-state index contributed by atoms with van der Waals surface area (Å²) in [6.07, 6.45) is 0. The van der Waals surface area contributed by atoms with E-state index >= 15 is 0 Å². The molecule has 5 heteroatoms. The van der Waals surface area contributed by atoms with Gasteiger partial charge in [0.25, 0.3) is 0 Å². The van der Waals surface area contributed by atoms with Gasteiger partial charge in [0.1, 0.15) is 0 Å². The van der Waals surface area contributed by atoms with Crippen LogP contribution in [0.1, 0.15) is 24.2 Å². The number of carbonyl (C=O) groups excluding carboxylic acids is 1. The van der Waals surface area contributed by atoms with Crippen molar-refractivity contribution in [1.82, 2.24) is 0 Å². The summed E-state index contributed by atoms with van der Waals surface area (Å²) in [6.45, 7) is 3.69. The fourth-order valence-corrected chi connectivity index (χ4v) is 1.26. The maximum Gasteiger partial charge on any atom is 0.335 e. The highest BCUT2D eigenvalue weighted by molar-refractivity contribution is 5.96. The normalized spacial score (nSPS) is 12.2. The summed E-state index contributed by atoms with van der Waals surface area (Å²) in [5.41, 5.74) is 6.24. The molecule has 0 spiro atoms. The molecule has 1 aromatic rings. The molecule has 0 aliphatic rings. The van der Waals surface area contributed by atoms with Crippen molar-refractivity contribution in [3.05, 3.63) is 29.8 Å². The van der Waals surface area contributed by atoms with Crippen molar-refractivity contribution >= 4 is 17.6 Å². The highest BCUT2D eigenvalue weighted by atomic mass is 16.4. The molecule has 1 aromatic carbocycles. The molecule has 1 rings (SSSR count). The van der Waals surface area contributed by atoms with Gasteiger partial charge in [0.15, 0.2) is 0 Å². The van der Waals surface area contributed by atoms with Crippen LogP contribution in [0.15, 0.2) is 24.3 Å². The number of rotatable bonds is 4. The lowest BCUT2D eigenvalue weighted by Crippen LogP contribution is -2.39. The molecular formula is C12H16N2O3. The third kappa shape index (κ3) is 3.57. The summed E-state index contributed by atoms with van der Waals surface area (Å²) in [5, 5.41) is 11.4. The molecule has 4 N–H and O–H groups in total. The number of benzene rings is 1. The number of carbonyl (C=O) groups is 2. The van der Waals surface area contributed by atoms with Crippen LogP contribution in [-0.2, 0) is 4.79 Å². The molecule has 1 atom stereocenters. The van der Waals surface area contributed by atoms with Crippen molar-refractivity contribution in [3.63, 3.8) is 0 Å². The predicted molar refractivity (Wildman–Crippen MR) is 64.8 cm³/mol. The van der Waals surface area contributed by atoms with Crippen LogP contribution < -0.4 is 11.1 Å². The number of nitrogens with two attached hydrogens (primary N) is 1. The van der Waals surface area contributed by atoms with Gasteiger partial charge in [-0.25, -0.2) is 4.79 Å². The second kappa shape index (κ2) is 5.45. The lowest BCUT2D eigenvalue weighted by molar-refractivity contribution is -0.118. The van der Waals surface area contributed by atoms with E-state index in [1.165, 1.54) is 12.1 Å². The van der Waals surface area contributed by atoms with Gasteiger partial charge in [0.2, 0.25) is 5.91 Å². The van der Waals surface area contributed by atoms with Crippen LogP contribution in [0.2, 0.25) is 0 Å². The summed E-state index contributed by atoms with van der Waals surface area (Å²) >= 11 is 0. The summed E-state index contributed by atoms with van der Waals surface area (Å²) in [6, 6.07) is 5.44. The summed E-state index contributed by atoms with van der Waals surface area (Å²) in [7, 11) is 0. The number of hydrogen-bond donors (Lipinski definition) is 3. The number of carboxylic acid groups (broad SMARTS) is 1. The van der Waals surface area contributed by atoms with Crippen LogP contribution in [-0.4, -0.2) is 23.0 Å². The van der Waals surface area contributed by atoms with Crippen molar-refractivity contribution in [1.29, 1.82) is 0 Å². The first-order valence-electron chi connectivity index (χ1n) is 5.31. The Balaban J connectivity index is 2.78. The number of amides is 1. The third-order valence-electron chi connectivity index (χ3n) is 2.40. The molecule has 0 unspecified atom stereocenters. The minimum absolute atomic E-state index is 0.0256. The van der Waals surface area contributed by atoms with Gasteiger partial charge in [0, 0.05) is 5.69 Å². The van der Waals surface area contributed by atoms with Gasteiger partial charge in [-0.2, -0.15) is 0 Å².